The van der Waals surface area contributed by atoms with Crippen LogP contribution in [0.5, 0.6) is 11.5 Å². The highest BCUT2D eigenvalue weighted by atomic mass is 16.5. The van der Waals surface area contributed by atoms with Gasteiger partial charge in [0.25, 0.3) is 11.8 Å². The molecular weight excluding hydrogens is 536 g/mol. The lowest BCUT2D eigenvalue weighted by Gasteiger charge is -2.29. The second-order valence-electron chi connectivity index (χ2n) is 9.93. The molecule has 1 N–H and O–H groups in total. The van der Waals surface area contributed by atoms with Crippen LogP contribution in [-0.2, 0) is 7.05 Å². The van der Waals surface area contributed by atoms with E-state index in [1.807, 2.05) is 48.5 Å². The summed E-state index contributed by atoms with van der Waals surface area (Å²) < 4.78 is 12.7. The third-order valence-corrected chi connectivity index (χ3v) is 7.15. The molecule has 2 amide bonds. The van der Waals surface area contributed by atoms with Gasteiger partial charge < -0.3 is 19.5 Å². The first kappa shape index (κ1) is 26.9. The zero-order valence-electron chi connectivity index (χ0n) is 23.3. The molecule has 1 aliphatic heterocycles. The molecule has 11 heteroatoms. The van der Waals surface area contributed by atoms with Gasteiger partial charge >= 0.3 is 0 Å². The van der Waals surface area contributed by atoms with Crippen LogP contribution in [0.3, 0.4) is 0 Å². The van der Waals surface area contributed by atoms with Crippen LogP contribution in [0.4, 0.5) is 11.4 Å². The molecule has 0 bridgehead atoms. The molecule has 0 fully saturated rings. The fourth-order valence-corrected chi connectivity index (χ4v) is 5.05. The number of hydrogen-bond donors (Lipinski definition) is 1. The summed E-state index contributed by atoms with van der Waals surface area (Å²) in [6.45, 7) is -0.131. The second-order valence-corrected chi connectivity index (χ2v) is 9.93. The fourth-order valence-electron chi connectivity index (χ4n) is 5.05. The minimum absolute atomic E-state index is 0.0466. The summed E-state index contributed by atoms with van der Waals surface area (Å²) in [4.78, 5) is 38.3. The zero-order chi connectivity index (χ0) is 29.4. The van der Waals surface area contributed by atoms with E-state index >= 15 is 0 Å². The third kappa shape index (κ3) is 5.01. The number of anilines is 2. The largest absolute Gasteiger partial charge is 0.497 e. The van der Waals surface area contributed by atoms with Crippen molar-refractivity contribution < 1.29 is 24.2 Å². The van der Waals surface area contributed by atoms with Crippen LogP contribution in [0.25, 0.3) is 22.3 Å². The number of nitrogens with zero attached hydrogens (tertiary/aromatic N) is 6. The molecular formula is C31H28N6O5. The number of hydrogen-bond acceptors (Lipinski definition) is 9. The predicted molar refractivity (Wildman–Crippen MR) is 156 cm³/mol. The number of methoxy groups -OCH3 is 2. The molecule has 3 aromatic carbocycles. The summed E-state index contributed by atoms with van der Waals surface area (Å²) in [5.41, 5.74) is 4.89. The standard InChI is InChI=1S/C31H28N6O5/c1-35-16-19(14-33-35)29-15-32-27-9-8-20(12-28(27)34-29)36(21-10-23(41-2)13-24(11-21)42-3)17-22(38)18-37-30(39)25-6-4-5-7-26(25)31(37)40/h4-16,22,38H,17-18H2,1-3H3. The lowest BCUT2D eigenvalue weighted by Crippen LogP contribution is -2.41. The van der Waals surface area contributed by atoms with Crippen LogP contribution in [0.15, 0.2) is 79.3 Å². The highest BCUT2D eigenvalue weighted by Crippen LogP contribution is 2.34. The van der Waals surface area contributed by atoms with Gasteiger partial charge in [0.2, 0.25) is 0 Å². The van der Waals surface area contributed by atoms with Crippen molar-refractivity contribution in [3.05, 3.63) is 90.4 Å². The molecule has 212 valence electrons. The topological polar surface area (TPSA) is 123 Å². The molecule has 0 spiro atoms. The molecule has 1 aliphatic rings. The van der Waals surface area contributed by atoms with Crippen molar-refractivity contribution in [2.75, 3.05) is 32.2 Å². The Hall–Kier alpha value is -5.29. The SMILES string of the molecule is COc1cc(OC)cc(N(CC(O)CN2C(=O)c3ccccc3C2=O)c2ccc3ncc(-c4cnn(C)c4)nc3c2)c1. The van der Waals surface area contributed by atoms with Crippen LogP contribution < -0.4 is 14.4 Å². The van der Waals surface area contributed by atoms with E-state index in [4.69, 9.17) is 14.5 Å². The number of aliphatic hydroxyl groups is 1. The lowest BCUT2D eigenvalue weighted by molar-refractivity contribution is 0.0553. The second kappa shape index (κ2) is 10.9. The Balaban J connectivity index is 1.36. The van der Waals surface area contributed by atoms with E-state index in [2.05, 4.69) is 10.1 Å². The molecule has 2 aromatic heterocycles. The summed E-state index contributed by atoms with van der Waals surface area (Å²) in [7, 11) is 4.96. The fraction of sp³-hybridized carbons (Fsp3) is 0.194. The first-order valence-corrected chi connectivity index (χ1v) is 13.2. The summed E-state index contributed by atoms with van der Waals surface area (Å²) in [5, 5.41) is 15.5. The minimum atomic E-state index is -1.09. The van der Waals surface area contributed by atoms with Crippen LogP contribution in [-0.4, -0.2) is 75.0 Å². The maximum Gasteiger partial charge on any atom is 0.261 e. The molecule has 5 aromatic rings. The van der Waals surface area contributed by atoms with Gasteiger partial charge in [-0.15, -0.1) is 0 Å². The maximum atomic E-state index is 13.0. The molecule has 0 saturated carbocycles. The van der Waals surface area contributed by atoms with Gasteiger partial charge in [0.15, 0.2) is 0 Å². The van der Waals surface area contributed by atoms with Gasteiger partial charge in [0.1, 0.15) is 11.5 Å². The van der Waals surface area contributed by atoms with Crippen molar-refractivity contribution in [1.82, 2.24) is 24.6 Å². The number of fused-ring (bicyclic) bond motifs is 2. The average molecular weight is 565 g/mol. The van der Waals surface area contributed by atoms with Gasteiger partial charge in [-0.25, -0.2) is 4.98 Å². The highest BCUT2D eigenvalue weighted by molar-refractivity contribution is 6.21. The summed E-state index contributed by atoms with van der Waals surface area (Å²) in [6, 6.07) is 17.7. The molecule has 0 saturated heterocycles. The average Bonchev–Trinajstić information content (AvgIpc) is 3.56. The number of β-amino-alcohol motifs (C(OH)–C–C–N with tert-alkyl or cyclic N) is 1. The molecule has 1 atom stereocenters. The smallest absolute Gasteiger partial charge is 0.261 e. The number of amides is 2. The molecule has 1 unspecified atom stereocenters. The van der Waals surface area contributed by atoms with Crippen LogP contribution in [0.2, 0.25) is 0 Å². The number of aryl methyl sites for hydroxylation is 1. The van der Waals surface area contributed by atoms with Crippen LogP contribution in [0, 0.1) is 0 Å². The van der Waals surface area contributed by atoms with Gasteiger partial charge in [-0.1, -0.05) is 12.1 Å². The van der Waals surface area contributed by atoms with Crippen LogP contribution in [0.1, 0.15) is 20.7 Å². The predicted octanol–water partition coefficient (Wildman–Crippen LogP) is 3.84. The molecule has 0 aliphatic carbocycles. The number of rotatable bonds is 9. The van der Waals surface area contributed by atoms with Crippen molar-refractivity contribution in [2.24, 2.45) is 7.05 Å². The summed E-state index contributed by atoms with van der Waals surface area (Å²) in [6.07, 6.45) is 4.21. The van der Waals surface area contributed by atoms with E-state index in [0.717, 1.165) is 10.5 Å². The van der Waals surface area contributed by atoms with E-state index in [1.54, 1.807) is 61.6 Å². The first-order chi connectivity index (χ1) is 20.3. The van der Waals surface area contributed by atoms with Crippen molar-refractivity contribution in [3.63, 3.8) is 0 Å². The van der Waals surface area contributed by atoms with Crippen molar-refractivity contribution in [2.45, 2.75) is 6.10 Å². The van der Waals surface area contributed by atoms with Gasteiger partial charge in [0.05, 0.1) is 73.7 Å². The van der Waals surface area contributed by atoms with Crippen molar-refractivity contribution in [1.29, 1.82) is 0 Å². The Kier molecular flexibility index (Phi) is 7.01. The first-order valence-electron chi connectivity index (χ1n) is 13.2. The highest BCUT2D eigenvalue weighted by Gasteiger charge is 2.36. The number of aromatic nitrogens is 4. The Morgan fingerprint density at radius 1 is 0.881 bits per heavy atom. The molecule has 11 nitrogen and oxygen atoms in total. The van der Waals surface area contributed by atoms with E-state index in [-0.39, 0.29) is 13.1 Å². The van der Waals surface area contributed by atoms with E-state index in [1.165, 1.54) is 0 Å². The van der Waals surface area contributed by atoms with Gasteiger partial charge in [-0.2, -0.15) is 5.10 Å². The maximum absolute atomic E-state index is 13.0. The molecule has 42 heavy (non-hydrogen) atoms. The molecule has 0 radical (unpaired) electrons. The van der Waals surface area contributed by atoms with E-state index in [0.29, 0.717) is 50.7 Å². The van der Waals surface area contributed by atoms with Gasteiger partial charge in [-0.3, -0.25) is 24.2 Å². The Morgan fingerprint density at radius 3 is 2.19 bits per heavy atom. The summed E-state index contributed by atoms with van der Waals surface area (Å²) >= 11 is 0. The van der Waals surface area contributed by atoms with Gasteiger partial charge in [-0.05, 0) is 30.3 Å². The quantitative estimate of drug-likeness (QED) is 0.266. The van der Waals surface area contributed by atoms with Crippen molar-refractivity contribution in [3.8, 4) is 22.8 Å². The number of carbonyl (C=O) groups is 2. The minimum Gasteiger partial charge on any atom is -0.497 e. The van der Waals surface area contributed by atoms with E-state index in [9.17, 15) is 14.7 Å². The lowest BCUT2D eigenvalue weighted by atomic mass is 10.1. The number of carbonyl (C=O) groups excluding carboxylic acids is 2. The van der Waals surface area contributed by atoms with E-state index < -0.39 is 17.9 Å². The Labute approximate surface area is 241 Å². The number of imide groups is 1. The van der Waals surface area contributed by atoms with Crippen LogP contribution >= 0.6 is 0 Å². The molecule has 6 rings (SSSR count). The molecule has 3 heterocycles. The zero-order valence-corrected chi connectivity index (χ0v) is 23.3. The van der Waals surface area contributed by atoms with Crippen molar-refractivity contribution >= 4 is 34.2 Å². The Bertz CT molecular complexity index is 1760. The normalized spacial score (nSPS) is 13.4. The third-order valence-electron chi connectivity index (χ3n) is 7.15. The number of aliphatic hydroxyl groups excluding tert-OH is 1. The van der Waals surface area contributed by atoms with Gasteiger partial charge in [0, 0.05) is 48.4 Å². The number of ether oxygens (including phenoxy) is 2. The monoisotopic (exact) mass is 564 g/mol. The summed E-state index contributed by atoms with van der Waals surface area (Å²) in [5.74, 6) is 0.272. The number of benzene rings is 3. The Morgan fingerprint density at radius 2 is 1.57 bits per heavy atom.